The monoisotopic (exact) mass is 403 g/mol. The van der Waals surface area contributed by atoms with E-state index in [4.69, 9.17) is 11.6 Å². The lowest BCUT2D eigenvalue weighted by Crippen LogP contribution is -2.29. The first kappa shape index (κ1) is 18.8. The van der Waals surface area contributed by atoms with E-state index >= 15 is 0 Å². The van der Waals surface area contributed by atoms with Crippen LogP contribution >= 0.6 is 11.6 Å². The smallest absolute Gasteiger partial charge is 0.251 e. The Morgan fingerprint density at radius 3 is 2.38 bits per heavy atom. The molecule has 5 nitrogen and oxygen atoms in total. The number of amides is 2. The maximum Gasteiger partial charge on any atom is 0.251 e. The van der Waals surface area contributed by atoms with Gasteiger partial charge in [0.2, 0.25) is 5.91 Å². The van der Waals surface area contributed by atoms with Gasteiger partial charge >= 0.3 is 0 Å². The summed E-state index contributed by atoms with van der Waals surface area (Å²) in [7, 11) is 0. The van der Waals surface area contributed by atoms with Crippen LogP contribution in [-0.2, 0) is 9.59 Å². The normalized spacial score (nSPS) is 16.9. The molecule has 0 aliphatic carbocycles. The molecule has 0 radical (unpaired) electrons. The first-order chi connectivity index (χ1) is 14.1. The standard InChI is InChI=1S/C23H18ClN3O2/c24-16-11-12-18-19(13-16)27-23(29)22(15-7-3-1-4-8-15)26-20(18)14-21(28)25-17-9-5-2-6-10-17/h1-14,22,26H,(H,25,28)(H,27,29)/b20-14-. The average Bonchev–Trinajstić information content (AvgIpc) is 2.85. The van der Waals surface area contributed by atoms with Crippen molar-refractivity contribution in [1.82, 2.24) is 5.32 Å². The van der Waals surface area contributed by atoms with Crippen molar-refractivity contribution < 1.29 is 9.59 Å². The van der Waals surface area contributed by atoms with Crippen molar-refractivity contribution in [3.8, 4) is 0 Å². The number of anilines is 2. The number of carbonyl (C=O) groups excluding carboxylic acids is 2. The number of benzene rings is 3. The number of carbonyl (C=O) groups is 2. The molecular formula is C23H18ClN3O2. The molecule has 3 N–H and O–H groups in total. The molecule has 6 heteroatoms. The summed E-state index contributed by atoms with van der Waals surface area (Å²) in [5.74, 6) is -0.535. The van der Waals surface area contributed by atoms with Crippen LogP contribution in [0.2, 0.25) is 5.02 Å². The third kappa shape index (κ3) is 4.31. The van der Waals surface area contributed by atoms with Gasteiger partial charge in [-0.25, -0.2) is 0 Å². The minimum Gasteiger partial charge on any atom is -0.369 e. The summed E-state index contributed by atoms with van der Waals surface area (Å²) in [5.41, 5.74) is 3.24. The Balaban J connectivity index is 1.72. The second-order valence-electron chi connectivity index (χ2n) is 6.58. The highest BCUT2D eigenvalue weighted by atomic mass is 35.5. The van der Waals surface area contributed by atoms with E-state index < -0.39 is 6.04 Å². The summed E-state index contributed by atoms with van der Waals surface area (Å²) in [6.45, 7) is 0. The molecule has 1 aliphatic heterocycles. The quantitative estimate of drug-likeness (QED) is 0.559. The maximum atomic E-state index is 12.9. The first-order valence-electron chi connectivity index (χ1n) is 9.10. The Bertz CT molecular complexity index is 1080. The molecule has 1 atom stereocenters. The lowest BCUT2D eigenvalue weighted by atomic mass is 10.1. The van der Waals surface area contributed by atoms with Crippen LogP contribution in [0, 0.1) is 0 Å². The zero-order chi connectivity index (χ0) is 20.2. The lowest BCUT2D eigenvalue weighted by Gasteiger charge is -2.17. The Labute approximate surface area is 173 Å². The van der Waals surface area contributed by atoms with Gasteiger partial charge in [-0.2, -0.15) is 0 Å². The van der Waals surface area contributed by atoms with E-state index in [0.29, 0.717) is 27.7 Å². The summed E-state index contributed by atoms with van der Waals surface area (Å²) >= 11 is 6.12. The molecule has 0 saturated carbocycles. The largest absolute Gasteiger partial charge is 0.369 e. The number of rotatable bonds is 3. The summed E-state index contributed by atoms with van der Waals surface area (Å²) in [4.78, 5) is 25.5. The van der Waals surface area contributed by atoms with Crippen LogP contribution in [0.3, 0.4) is 0 Å². The van der Waals surface area contributed by atoms with Gasteiger partial charge in [0.25, 0.3) is 5.91 Å². The topological polar surface area (TPSA) is 70.2 Å². The predicted octanol–water partition coefficient (Wildman–Crippen LogP) is 4.60. The highest BCUT2D eigenvalue weighted by Crippen LogP contribution is 2.32. The van der Waals surface area contributed by atoms with Crippen molar-refractivity contribution in [1.29, 1.82) is 0 Å². The van der Waals surface area contributed by atoms with Crippen molar-refractivity contribution in [2.45, 2.75) is 6.04 Å². The molecule has 29 heavy (non-hydrogen) atoms. The van der Waals surface area contributed by atoms with Crippen LogP contribution in [0.5, 0.6) is 0 Å². The number of hydrogen-bond donors (Lipinski definition) is 3. The fourth-order valence-corrected chi connectivity index (χ4v) is 3.36. The summed E-state index contributed by atoms with van der Waals surface area (Å²) in [6.07, 6.45) is 1.45. The van der Waals surface area contributed by atoms with Gasteiger partial charge in [-0.3, -0.25) is 9.59 Å². The number of para-hydroxylation sites is 1. The van der Waals surface area contributed by atoms with Gasteiger partial charge in [-0.05, 0) is 35.9 Å². The number of nitrogens with one attached hydrogen (secondary N) is 3. The van der Waals surface area contributed by atoms with Gasteiger partial charge < -0.3 is 16.0 Å². The maximum absolute atomic E-state index is 12.9. The van der Waals surface area contributed by atoms with Crippen LogP contribution < -0.4 is 16.0 Å². The van der Waals surface area contributed by atoms with E-state index in [0.717, 1.165) is 5.56 Å². The Hall–Kier alpha value is -3.57. The zero-order valence-corrected chi connectivity index (χ0v) is 16.1. The fourth-order valence-electron chi connectivity index (χ4n) is 3.19. The molecule has 1 aliphatic rings. The zero-order valence-electron chi connectivity index (χ0n) is 15.4. The number of hydrogen-bond acceptors (Lipinski definition) is 3. The van der Waals surface area contributed by atoms with Gasteiger partial charge in [0, 0.05) is 28.0 Å². The van der Waals surface area contributed by atoms with E-state index in [-0.39, 0.29) is 11.8 Å². The molecule has 2 amide bonds. The van der Waals surface area contributed by atoms with E-state index in [1.165, 1.54) is 6.08 Å². The molecule has 4 rings (SSSR count). The number of fused-ring (bicyclic) bond motifs is 1. The van der Waals surface area contributed by atoms with Gasteiger partial charge in [-0.1, -0.05) is 60.1 Å². The van der Waals surface area contributed by atoms with E-state index in [1.54, 1.807) is 18.2 Å². The summed E-state index contributed by atoms with van der Waals surface area (Å²) in [5, 5.41) is 9.45. The lowest BCUT2D eigenvalue weighted by molar-refractivity contribution is -0.118. The Morgan fingerprint density at radius 2 is 1.66 bits per heavy atom. The predicted molar refractivity (Wildman–Crippen MR) is 115 cm³/mol. The summed E-state index contributed by atoms with van der Waals surface area (Å²) < 4.78 is 0. The minimum atomic E-state index is -0.654. The van der Waals surface area contributed by atoms with Crippen molar-refractivity contribution in [3.05, 3.63) is 101 Å². The molecule has 3 aromatic carbocycles. The fraction of sp³-hybridized carbons (Fsp3) is 0.0435. The third-order valence-electron chi connectivity index (χ3n) is 4.54. The number of halogens is 1. The molecule has 3 aromatic rings. The Kier molecular flexibility index (Phi) is 5.31. The molecule has 0 aromatic heterocycles. The van der Waals surface area contributed by atoms with Crippen LogP contribution in [0.15, 0.2) is 84.9 Å². The SMILES string of the molecule is O=C(/C=C1\NC(c2ccccc2)C(=O)Nc2cc(Cl)ccc21)Nc1ccccc1. The van der Waals surface area contributed by atoms with Gasteiger partial charge in [0.05, 0.1) is 5.69 Å². The van der Waals surface area contributed by atoms with Crippen molar-refractivity contribution in [2.75, 3.05) is 10.6 Å². The minimum absolute atomic E-state index is 0.230. The van der Waals surface area contributed by atoms with Crippen LogP contribution in [0.25, 0.3) is 5.70 Å². The van der Waals surface area contributed by atoms with Gasteiger partial charge in [0.15, 0.2) is 0 Å². The average molecular weight is 404 g/mol. The second kappa shape index (κ2) is 8.20. The molecule has 0 fully saturated rings. The molecule has 1 unspecified atom stereocenters. The molecule has 0 saturated heterocycles. The summed E-state index contributed by atoms with van der Waals surface area (Å²) in [6, 6.07) is 23.0. The Morgan fingerprint density at radius 1 is 0.966 bits per heavy atom. The van der Waals surface area contributed by atoms with Gasteiger partial charge in [-0.15, -0.1) is 0 Å². The van der Waals surface area contributed by atoms with Crippen LogP contribution in [0.4, 0.5) is 11.4 Å². The van der Waals surface area contributed by atoms with E-state index in [2.05, 4.69) is 16.0 Å². The van der Waals surface area contributed by atoms with Crippen LogP contribution in [-0.4, -0.2) is 11.8 Å². The van der Waals surface area contributed by atoms with Crippen molar-refractivity contribution in [2.24, 2.45) is 0 Å². The van der Waals surface area contributed by atoms with E-state index in [9.17, 15) is 9.59 Å². The highest BCUT2D eigenvalue weighted by Gasteiger charge is 2.27. The van der Waals surface area contributed by atoms with Crippen LogP contribution in [0.1, 0.15) is 17.2 Å². The molecule has 144 valence electrons. The molecule has 0 spiro atoms. The van der Waals surface area contributed by atoms with E-state index in [1.807, 2.05) is 60.7 Å². The van der Waals surface area contributed by atoms with Crippen molar-refractivity contribution >= 4 is 40.5 Å². The second-order valence-corrected chi connectivity index (χ2v) is 7.02. The highest BCUT2D eigenvalue weighted by molar-refractivity contribution is 6.31. The third-order valence-corrected chi connectivity index (χ3v) is 4.78. The first-order valence-corrected chi connectivity index (χ1v) is 9.48. The molecular weight excluding hydrogens is 386 g/mol. The molecule has 1 heterocycles. The van der Waals surface area contributed by atoms with Crippen molar-refractivity contribution in [3.63, 3.8) is 0 Å². The van der Waals surface area contributed by atoms with Gasteiger partial charge in [0.1, 0.15) is 6.04 Å². The molecule has 0 bridgehead atoms.